The van der Waals surface area contributed by atoms with E-state index < -0.39 is 11.7 Å². The van der Waals surface area contributed by atoms with Crippen molar-refractivity contribution < 1.29 is 18.3 Å². The van der Waals surface area contributed by atoms with Crippen molar-refractivity contribution >= 4 is 34.8 Å². The van der Waals surface area contributed by atoms with Crippen molar-refractivity contribution in [2.24, 2.45) is 4.99 Å². The van der Waals surface area contributed by atoms with Gasteiger partial charge in [0.25, 0.3) is 5.91 Å². The van der Waals surface area contributed by atoms with E-state index in [4.69, 9.17) is 32.4 Å². The highest BCUT2D eigenvalue weighted by Crippen LogP contribution is 2.31. The van der Waals surface area contributed by atoms with Crippen LogP contribution in [0, 0.1) is 5.82 Å². The molecule has 1 aromatic carbocycles. The van der Waals surface area contributed by atoms with Crippen LogP contribution in [-0.2, 0) is 6.42 Å². The van der Waals surface area contributed by atoms with Crippen LogP contribution in [0.5, 0.6) is 5.88 Å². The van der Waals surface area contributed by atoms with Gasteiger partial charge in [0, 0.05) is 21.7 Å². The molecule has 1 aliphatic carbocycles. The van der Waals surface area contributed by atoms with Gasteiger partial charge in [-0.15, -0.1) is 0 Å². The third-order valence-electron chi connectivity index (χ3n) is 4.40. The first-order valence-corrected chi connectivity index (χ1v) is 9.48. The molecule has 0 radical (unpaired) electrons. The predicted molar refractivity (Wildman–Crippen MR) is 107 cm³/mol. The van der Waals surface area contributed by atoms with E-state index in [1.807, 2.05) is 0 Å². The van der Waals surface area contributed by atoms with Gasteiger partial charge < -0.3 is 9.15 Å². The van der Waals surface area contributed by atoms with Gasteiger partial charge in [-0.05, 0) is 37.5 Å². The summed E-state index contributed by atoms with van der Waals surface area (Å²) in [5, 5.41) is 0.684. The van der Waals surface area contributed by atoms with Crippen LogP contribution in [0.4, 0.5) is 4.39 Å². The Morgan fingerprint density at radius 3 is 2.69 bits per heavy atom. The number of methoxy groups -OCH3 is 1. The number of fused-ring (bicyclic) bond motifs is 1. The van der Waals surface area contributed by atoms with E-state index >= 15 is 0 Å². The molecule has 2 aromatic heterocycles. The molecule has 9 heteroatoms. The lowest BCUT2D eigenvalue weighted by molar-refractivity contribution is 0.100. The molecule has 0 fully saturated rings. The van der Waals surface area contributed by atoms with Crippen LogP contribution in [0.1, 0.15) is 34.7 Å². The first-order chi connectivity index (χ1) is 13.9. The number of halogens is 3. The molecule has 0 saturated carbocycles. The average Bonchev–Trinajstić information content (AvgIpc) is 3.12. The summed E-state index contributed by atoms with van der Waals surface area (Å²) >= 11 is 11.9. The molecular formula is C20H14Cl2FN3O3. The van der Waals surface area contributed by atoms with Gasteiger partial charge in [-0.25, -0.2) is 19.4 Å². The number of hydrogen-bond donors (Lipinski definition) is 0. The van der Waals surface area contributed by atoms with Crippen molar-refractivity contribution in [1.29, 1.82) is 0 Å². The number of carbonyl (C=O) groups excluding carboxylic acids is 1. The van der Waals surface area contributed by atoms with Crippen molar-refractivity contribution in [2.45, 2.75) is 19.3 Å². The molecule has 3 aromatic rings. The Balaban J connectivity index is 1.72. The summed E-state index contributed by atoms with van der Waals surface area (Å²) in [5.41, 5.74) is 1.47. The number of aromatic nitrogens is 2. The van der Waals surface area contributed by atoms with Crippen LogP contribution in [0.25, 0.3) is 11.5 Å². The van der Waals surface area contributed by atoms with Crippen LogP contribution in [-0.4, -0.2) is 28.7 Å². The summed E-state index contributed by atoms with van der Waals surface area (Å²) in [4.78, 5) is 25.0. The monoisotopic (exact) mass is 433 g/mol. The number of aryl methyl sites for hydroxylation is 1. The van der Waals surface area contributed by atoms with Crippen LogP contribution < -0.4 is 4.74 Å². The van der Waals surface area contributed by atoms with Crippen LogP contribution in [0.3, 0.4) is 0 Å². The van der Waals surface area contributed by atoms with Crippen molar-refractivity contribution in [3.8, 4) is 17.3 Å². The maximum atomic E-state index is 14.2. The Hall–Kier alpha value is -2.77. The minimum Gasteiger partial charge on any atom is -0.481 e. The van der Waals surface area contributed by atoms with E-state index in [1.54, 1.807) is 0 Å². The van der Waals surface area contributed by atoms with E-state index in [9.17, 15) is 9.18 Å². The third kappa shape index (κ3) is 4.02. The quantitative estimate of drug-likeness (QED) is 0.569. The second-order valence-electron chi connectivity index (χ2n) is 6.38. The lowest BCUT2D eigenvalue weighted by atomic mass is 10.00. The Morgan fingerprint density at radius 2 is 1.97 bits per heavy atom. The van der Waals surface area contributed by atoms with E-state index in [2.05, 4.69) is 15.0 Å². The SMILES string of the molecule is COc1cc(-c2nc3c(o2)C(=NC(=O)c2cc(Cl)cc(Cl)c2)CCC3)c(F)cn1. The second-order valence-corrected chi connectivity index (χ2v) is 7.25. The topological polar surface area (TPSA) is 77.6 Å². The number of benzene rings is 1. The van der Waals surface area contributed by atoms with Gasteiger partial charge in [0.2, 0.25) is 11.8 Å². The zero-order chi connectivity index (χ0) is 20.5. The van der Waals surface area contributed by atoms with Gasteiger partial charge in [0.05, 0.1) is 30.3 Å². The number of carbonyl (C=O) groups is 1. The fraction of sp³-hybridized carbons (Fsp3) is 0.200. The number of rotatable bonds is 3. The number of amides is 1. The molecule has 148 valence electrons. The van der Waals surface area contributed by atoms with Crippen LogP contribution >= 0.6 is 23.2 Å². The zero-order valence-corrected chi connectivity index (χ0v) is 16.7. The van der Waals surface area contributed by atoms with Gasteiger partial charge in [0.15, 0.2) is 11.6 Å². The molecule has 2 heterocycles. The normalized spacial score (nSPS) is 14.7. The molecule has 1 aliphatic rings. The van der Waals surface area contributed by atoms with E-state index in [-0.39, 0.29) is 22.9 Å². The fourth-order valence-electron chi connectivity index (χ4n) is 3.06. The van der Waals surface area contributed by atoms with E-state index in [1.165, 1.54) is 31.4 Å². The molecule has 4 rings (SSSR count). The number of pyridine rings is 1. The number of oxazole rings is 1. The van der Waals surface area contributed by atoms with E-state index in [0.717, 1.165) is 12.6 Å². The molecular weight excluding hydrogens is 420 g/mol. The molecule has 0 bridgehead atoms. The third-order valence-corrected chi connectivity index (χ3v) is 4.84. The molecule has 0 spiro atoms. The average molecular weight is 434 g/mol. The highest BCUT2D eigenvalue weighted by molar-refractivity contribution is 6.35. The minimum absolute atomic E-state index is 0.0843. The summed E-state index contributed by atoms with van der Waals surface area (Å²) in [6.07, 6.45) is 2.95. The van der Waals surface area contributed by atoms with Crippen molar-refractivity contribution in [2.75, 3.05) is 7.11 Å². The molecule has 0 atom stereocenters. The fourth-order valence-corrected chi connectivity index (χ4v) is 3.59. The maximum Gasteiger partial charge on any atom is 0.277 e. The maximum absolute atomic E-state index is 14.2. The summed E-state index contributed by atoms with van der Waals surface area (Å²) in [6.45, 7) is 0. The highest BCUT2D eigenvalue weighted by Gasteiger charge is 2.26. The zero-order valence-electron chi connectivity index (χ0n) is 15.2. The summed E-state index contributed by atoms with van der Waals surface area (Å²) < 4.78 is 25.1. The smallest absolute Gasteiger partial charge is 0.277 e. The van der Waals surface area contributed by atoms with Crippen molar-refractivity contribution in [1.82, 2.24) is 9.97 Å². The molecule has 6 nitrogen and oxygen atoms in total. The number of hydrogen-bond acceptors (Lipinski definition) is 5. The first kappa shape index (κ1) is 19.5. The van der Waals surface area contributed by atoms with Gasteiger partial charge in [-0.2, -0.15) is 0 Å². The largest absolute Gasteiger partial charge is 0.481 e. The standard InChI is InChI=1S/C20H14Cl2FN3O3/c1-28-17-8-13(14(23)9-24-17)20-26-16-4-2-3-15(18(16)29-20)25-19(27)10-5-11(21)7-12(22)6-10/h5-9H,2-4H2,1H3. The summed E-state index contributed by atoms with van der Waals surface area (Å²) in [5.74, 6) is -0.386. The predicted octanol–water partition coefficient (Wildman–Crippen LogP) is 5.16. The Bertz CT molecular complexity index is 1120. The molecule has 0 saturated heterocycles. The highest BCUT2D eigenvalue weighted by atomic mass is 35.5. The molecule has 0 unspecified atom stereocenters. The Labute approximate surface area is 175 Å². The van der Waals surface area contributed by atoms with E-state index in [0.29, 0.717) is 40.1 Å². The van der Waals surface area contributed by atoms with Crippen LogP contribution in [0.2, 0.25) is 10.0 Å². The van der Waals surface area contributed by atoms with Gasteiger partial charge >= 0.3 is 0 Å². The first-order valence-electron chi connectivity index (χ1n) is 8.72. The second kappa shape index (κ2) is 7.93. The van der Waals surface area contributed by atoms with Crippen molar-refractivity contribution in [3.63, 3.8) is 0 Å². The van der Waals surface area contributed by atoms with Gasteiger partial charge in [-0.1, -0.05) is 23.2 Å². The summed E-state index contributed by atoms with van der Waals surface area (Å²) in [6, 6.07) is 5.93. The van der Waals surface area contributed by atoms with Gasteiger partial charge in [-0.3, -0.25) is 4.79 Å². The molecule has 1 amide bonds. The van der Waals surface area contributed by atoms with Crippen molar-refractivity contribution in [3.05, 3.63) is 63.3 Å². The van der Waals surface area contributed by atoms with Crippen LogP contribution in [0.15, 0.2) is 39.9 Å². The number of ether oxygens (including phenoxy) is 1. The molecule has 29 heavy (non-hydrogen) atoms. The number of aliphatic imine (C=N–C) groups is 1. The van der Waals surface area contributed by atoms with Gasteiger partial charge in [0.1, 0.15) is 0 Å². The lowest BCUT2D eigenvalue weighted by Crippen LogP contribution is -2.12. The Kier molecular flexibility index (Phi) is 5.34. The minimum atomic E-state index is -0.590. The Morgan fingerprint density at radius 1 is 1.21 bits per heavy atom. The summed E-state index contributed by atoms with van der Waals surface area (Å²) in [7, 11) is 1.43. The molecule has 0 aliphatic heterocycles. The number of nitrogens with zero attached hydrogens (tertiary/aromatic N) is 3. The lowest BCUT2D eigenvalue weighted by Gasteiger charge is -2.10. The molecule has 0 N–H and O–H groups in total.